The van der Waals surface area contributed by atoms with E-state index in [4.69, 9.17) is 0 Å². The maximum Gasteiger partial charge on any atom is 0.130 e. The first-order valence-corrected chi connectivity index (χ1v) is 4.90. The molecule has 74 valence electrons. The molecule has 1 nitrogen and oxygen atoms in total. The maximum absolute atomic E-state index is 10.6. The summed E-state index contributed by atoms with van der Waals surface area (Å²) >= 11 is 0. The average molecular weight is 180 g/mol. The van der Waals surface area contributed by atoms with Gasteiger partial charge in [0.25, 0.3) is 0 Å². The van der Waals surface area contributed by atoms with E-state index in [9.17, 15) is 4.79 Å². The molecule has 0 heterocycles. The van der Waals surface area contributed by atoms with E-state index < -0.39 is 0 Å². The van der Waals surface area contributed by atoms with E-state index in [2.05, 4.69) is 32.1 Å². The number of Topliss-reactive ketones (excluding diaryl/α,β-unsaturated/α-hetero) is 1. The number of unbranched alkanes of at least 4 members (excludes halogenated alkanes) is 1. The van der Waals surface area contributed by atoms with Gasteiger partial charge in [0.15, 0.2) is 0 Å². The number of carbonyl (C=O) groups is 1. The Bertz CT molecular complexity index is 195. The van der Waals surface area contributed by atoms with Gasteiger partial charge in [-0.05, 0) is 40.0 Å². The van der Waals surface area contributed by atoms with Crippen molar-refractivity contribution in [3.05, 3.63) is 23.8 Å². The van der Waals surface area contributed by atoms with Crippen LogP contribution in [0.4, 0.5) is 0 Å². The number of carbonyl (C=O) groups excluding carboxylic acids is 1. The van der Waals surface area contributed by atoms with Crippen LogP contribution in [0.5, 0.6) is 0 Å². The van der Waals surface area contributed by atoms with Crippen LogP contribution >= 0.6 is 0 Å². The van der Waals surface area contributed by atoms with Gasteiger partial charge in [-0.15, -0.1) is 0 Å². The molecule has 0 aliphatic carbocycles. The molecule has 13 heavy (non-hydrogen) atoms. The summed E-state index contributed by atoms with van der Waals surface area (Å²) in [7, 11) is 0. The Morgan fingerprint density at radius 3 is 2.15 bits per heavy atom. The Hall–Kier alpha value is -0.850. The standard InChI is InChI=1S/C12H20O/c1-11(2)9-7-5-4-6-8-10-12(3)13/h4,6,9H,5,7-8,10H2,1-3H3/b6-4-. The van der Waals surface area contributed by atoms with Crippen molar-refractivity contribution < 1.29 is 4.79 Å². The first-order chi connectivity index (χ1) is 6.13. The summed E-state index contributed by atoms with van der Waals surface area (Å²) < 4.78 is 0. The van der Waals surface area contributed by atoms with Crippen molar-refractivity contribution in [2.45, 2.75) is 46.5 Å². The van der Waals surface area contributed by atoms with Crippen molar-refractivity contribution in [1.29, 1.82) is 0 Å². The Morgan fingerprint density at radius 2 is 1.62 bits per heavy atom. The lowest BCUT2D eigenvalue weighted by molar-refractivity contribution is -0.116. The zero-order valence-electron chi connectivity index (χ0n) is 8.97. The van der Waals surface area contributed by atoms with Crippen molar-refractivity contribution in [3.8, 4) is 0 Å². The van der Waals surface area contributed by atoms with Crippen molar-refractivity contribution in [2.75, 3.05) is 0 Å². The molecular weight excluding hydrogens is 160 g/mol. The molecule has 0 atom stereocenters. The molecule has 0 unspecified atom stereocenters. The largest absolute Gasteiger partial charge is 0.300 e. The monoisotopic (exact) mass is 180 g/mol. The number of allylic oxidation sites excluding steroid dienone is 4. The minimum atomic E-state index is 0.272. The molecule has 0 bridgehead atoms. The third kappa shape index (κ3) is 11.1. The third-order valence-electron chi connectivity index (χ3n) is 1.72. The Morgan fingerprint density at radius 1 is 1.00 bits per heavy atom. The molecule has 0 aliphatic heterocycles. The smallest absolute Gasteiger partial charge is 0.130 e. The van der Waals surface area contributed by atoms with E-state index in [0.717, 1.165) is 19.3 Å². The van der Waals surface area contributed by atoms with E-state index in [1.54, 1.807) is 6.92 Å². The normalized spacial score (nSPS) is 10.4. The highest BCUT2D eigenvalue weighted by Crippen LogP contribution is 1.99. The topological polar surface area (TPSA) is 17.1 Å². The molecule has 0 N–H and O–H groups in total. The SMILES string of the molecule is CC(=O)CC/C=C\CCC=C(C)C. The zero-order chi connectivity index (χ0) is 10.1. The van der Waals surface area contributed by atoms with Gasteiger partial charge in [-0.2, -0.15) is 0 Å². The van der Waals surface area contributed by atoms with E-state index in [1.165, 1.54) is 5.57 Å². The highest BCUT2D eigenvalue weighted by atomic mass is 16.1. The van der Waals surface area contributed by atoms with Crippen LogP contribution in [-0.2, 0) is 4.79 Å². The summed E-state index contributed by atoms with van der Waals surface area (Å²) in [5.41, 5.74) is 1.37. The van der Waals surface area contributed by atoms with Gasteiger partial charge in [-0.1, -0.05) is 23.8 Å². The number of hydrogen-bond acceptors (Lipinski definition) is 1. The Labute approximate surface area is 81.5 Å². The second-order valence-electron chi connectivity index (χ2n) is 3.57. The van der Waals surface area contributed by atoms with Crippen LogP contribution < -0.4 is 0 Å². The van der Waals surface area contributed by atoms with Crippen LogP contribution in [0.2, 0.25) is 0 Å². The Balaban J connectivity index is 3.32. The molecule has 0 aromatic carbocycles. The summed E-state index contributed by atoms with van der Waals surface area (Å²) in [6.45, 7) is 5.86. The first-order valence-electron chi connectivity index (χ1n) is 4.90. The van der Waals surface area contributed by atoms with Crippen molar-refractivity contribution in [1.82, 2.24) is 0 Å². The van der Waals surface area contributed by atoms with Gasteiger partial charge in [-0.25, -0.2) is 0 Å². The lowest BCUT2D eigenvalue weighted by atomic mass is 10.2. The molecule has 0 saturated heterocycles. The fourth-order valence-corrected chi connectivity index (χ4v) is 0.991. The first kappa shape index (κ1) is 12.2. The van der Waals surface area contributed by atoms with Crippen molar-refractivity contribution in [3.63, 3.8) is 0 Å². The summed E-state index contributed by atoms with van der Waals surface area (Å²) in [5.74, 6) is 0.272. The molecule has 0 aliphatic rings. The minimum absolute atomic E-state index is 0.272. The van der Waals surface area contributed by atoms with Gasteiger partial charge in [0.05, 0.1) is 0 Å². The van der Waals surface area contributed by atoms with E-state index in [-0.39, 0.29) is 5.78 Å². The zero-order valence-corrected chi connectivity index (χ0v) is 8.97. The number of hydrogen-bond donors (Lipinski definition) is 0. The Kier molecular flexibility index (Phi) is 7.27. The molecule has 0 spiro atoms. The second-order valence-corrected chi connectivity index (χ2v) is 3.57. The van der Waals surface area contributed by atoms with E-state index >= 15 is 0 Å². The highest BCUT2D eigenvalue weighted by molar-refractivity contribution is 5.75. The summed E-state index contributed by atoms with van der Waals surface area (Å²) in [4.78, 5) is 10.6. The van der Waals surface area contributed by atoms with Crippen LogP contribution in [0, 0.1) is 0 Å². The minimum Gasteiger partial charge on any atom is -0.300 e. The lowest BCUT2D eigenvalue weighted by Gasteiger charge is -1.90. The highest BCUT2D eigenvalue weighted by Gasteiger charge is 1.87. The molecule has 0 aromatic rings. The molecule has 0 fully saturated rings. The second kappa shape index (κ2) is 7.78. The van der Waals surface area contributed by atoms with E-state index in [0.29, 0.717) is 6.42 Å². The molecule has 0 amide bonds. The fourth-order valence-electron chi connectivity index (χ4n) is 0.991. The van der Waals surface area contributed by atoms with Crippen LogP contribution in [0.1, 0.15) is 46.5 Å². The molecule has 0 aromatic heterocycles. The van der Waals surface area contributed by atoms with Crippen LogP contribution in [-0.4, -0.2) is 5.78 Å². The molecule has 0 rings (SSSR count). The van der Waals surface area contributed by atoms with Gasteiger partial charge in [0, 0.05) is 6.42 Å². The number of rotatable bonds is 6. The third-order valence-corrected chi connectivity index (χ3v) is 1.72. The van der Waals surface area contributed by atoms with Crippen LogP contribution in [0.15, 0.2) is 23.8 Å². The quantitative estimate of drug-likeness (QED) is 0.450. The molecule has 0 radical (unpaired) electrons. The van der Waals surface area contributed by atoms with Crippen molar-refractivity contribution >= 4 is 5.78 Å². The van der Waals surface area contributed by atoms with Gasteiger partial charge in [0.1, 0.15) is 5.78 Å². The average Bonchev–Trinajstić information content (AvgIpc) is 2.01. The maximum atomic E-state index is 10.6. The molecule has 1 heteroatoms. The summed E-state index contributed by atoms with van der Waals surface area (Å²) in [6.07, 6.45) is 10.3. The van der Waals surface area contributed by atoms with Crippen LogP contribution in [0.3, 0.4) is 0 Å². The van der Waals surface area contributed by atoms with Gasteiger partial charge < -0.3 is 4.79 Å². The summed E-state index contributed by atoms with van der Waals surface area (Å²) in [6, 6.07) is 0. The molecule has 0 saturated carbocycles. The predicted molar refractivity (Wildman–Crippen MR) is 57.7 cm³/mol. The summed E-state index contributed by atoms with van der Waals surface area (Å²) in [5, 5.41) is 0. The molecular formula is C12H20O. The lowest BCUT2D eigenvalue weighted by Crippen LogP contribution is -1.86. The van der Waals surface area contributed by atoms with Crippen LogP contribution in [0.25, 0.3) is 0 Å². The van der Waals surface area contributed by atoms with E-state index in [1.807, 2.05) is 0 Å². The fraction of sp³-hybridized carbons (Fsp3) is 0.583. The predicted octanol–water partition coefficient (Wildman–Crippen LogP) is 3.66. The van der Waals surface area contributed by atoms with Gasteiger partial charge in [0.2, 0.25) is 0 Å². The van der Waals surface area contributed by atoms with Crippen molar-refractivity contribution in [2.24, 2.45) is 0 Å². The number of ketones is 1. The van der Waals surface area contributed by atoms with Gasteiger partial charge >= 0.3 is 0 Å². The van der Waals surface area contributed by atoms with Gasteiger partial charge in [-0.3, -0.25) is 0 Å².